The van der Waals surface area contributed by atoms with E-state index in [0.717, 1.165) is 18.2 Å². The molecule has 2 N–H and O–H groups in total. The van der Waals surface area contributed by atoms with Crippen LogP contribution in [0.3, 0.4) is 0 Å². The van der Waals surface area contributed by atoms with Crippen molar-refractivity contribution in [3.8, 4) is 5.75 Å². The number of carbonyl (C=O) groups excluding carboxylic acids is 1. The second-order valence-corrected chi connectivity index (χ2v) is 5.30. The first-order valence-electron chi connectivity index (χ1n) is 5.62. The zero-order valence-electron chi connectivity index (χ0n) is 10.3. The van der Waals surface area contributed by atoms with E-state index in [-0.39, 0.29) is 22.7 Å². The third kappa shape index (κ3) is 3.50. The van der Waals surface area contributed by atoms with Crippen LogP contribution in [0.1, 0.15) is 10.4 Å². The lowest BCUT2D eigenvalue weighted by Crippen LogP contribution is -2.12. The van der Waals surface area contributed by atoms with Crippen LogP contribution < -0.4 is 5.32 Å². The molecule has 6 nitrogen and oxygen atoms in total. The highest BCUT2D eigenvalue weighted by Crippen LogP contribution is 2.29. The maximum atomic E-state index is 12.0. The lowest BCUT2D eigenvalue weighted by Gasteiger charge is -2.08. The van der Waals surface area contributed by atoms with Crippen LogP contribution in [0.15, 0.2) is 40.9 Å². The topological polar surface area (TPSA) is 92.5 Å². The van der Waals surface area contributed by atoms with Gasteiger partial charge in [0.1, 0.15) is 5.75 Å². The first-order valence-corrected chi connectivity index (χ1v) is 6.79. The van der Waals surface area contributed by atoms with Gasteiger partial charge in [-0.25, -0.2) is 0 Å². The van der Waals surface area contributed by atoms with E-state index in [9.17, 15) is 20.0 Å². The maximum absolute atomic E-state index is 12.0. The summed E-state index contributed by atoms with van der Waals surface area (Å²) in [5.74, 6) is -0.808. The molecular formula is C13H8BrClN2O4. The number of nitro benzene ring substituents is 1. The largest absolute Gasteiger partial charge is 0.506 e. The molecule has 1 amide bonds. The summed E-state index contributed by atoms with van der Waals surface area (Å²) < 4.78 is 0.638. The number of benzene rings is 2. The Labute approximate surface area is 132 Å². The number of hydrogen-bond donors (Lipinski definition) is 2. The second kappa shape index (κ2) is 6.11. The molecule has 0 atom stereocenters. The lowest BCUT2D eigenvalue weighted by atomic mass is 10.2. The van der Waals surface area contributed by atoms with Gasteiger partial charge >= 0.3 is 0 Å². The van der Waals surface area contributed by atoms with Crippen LogP contribution >= 0.6 is 27.5 Å². The Morgan fingerprint density at radius 3 is 2.62 bits per heavy atom. The van der Waals surface area contributed by atoms with Gasteiger partial charge in [-0.3, -0.25) is 14.9 Å². The standard InChI is InChI=1S/C13H8BrClN2O4/c14-9-3-1-7(5-10(9)15)13(19)16-11-6-8(17(20)21)2-4-12(11)18/h1-6,18H,(H,16,19). The molecular weight excluding hydrogens is 364 g/mol. The molecule has 0 aliphatic heterocycles. The summed E-state index contributed by atoms with van der Waals surface area (Å²) in [6, 6.07) is 7.93. The Morgan fingerprint density at radius 1 is 1.29 bits per heavy atom. The Bertz CT molecular complexity index is 736. The number of non-ortho nitro benzene ring substituents is 1. The zero-order chi connectivity index (χ0) is 15.6. The SMILES string of the molecule is O=C(Nc1cc([N+](=O)[O-])ccc1O)c1ccc(Br)c(Cl)c1. The van der Waals surface area contributed by atoms with E-state index in [2.05, 4.69) is 21.2 Å². The van der Waals surface area contributed by atoms with Gasteiger partial charge in [0.2, 0.25) is 0 Å². The minimum Gasteiger partial charge on any atom is -0.506 e. The predicted octanol–water partition coefficient (Wildman–Crippen LogP) is 3.97. The molecule has 2 aromatic rings. The van der Waals surface area contributed by atoms with E-state index in [1.54, 1.807) is 6.07 Å². The van der Waals surface area contributed by atoms with E-state index < -0.39 is 10.8 Å². The van der Waals surface area contributed by atoms with Gasteiger partial charge in [-0.15, -0.1) is 0 Å². The van der Waals surface area contributed by atoms with Crippen molar-refractivity contribution in [3.05, 3.63) is 61.6 Å². The minimum atomic E-state index is -0.619. The Hall–Kier alpha value is -2.12. The smallest absolute Gasteiger partial charge is 0.271 e. The van der Waals surface area contributed by atoms with Crippen molar-refractivity contribution in [1.29, 1.82) is 0 Å². The molecule has 0 aromatic heterocycles. The summed E-state index contributed by atoms with van der Waals surface area (Å²) in [4.78, 5) is 22.1. The zero-order valence-corrected chi connectivity index (χ0v) is 12.7. The fraction of sp³-hybridized carbons (Fsp3) is 0. The average molecular weight is 372 g/mol. The summed E-state index contributed by atoms with van der Waals surface area (Å²) in [5.41, 5.74) is -0.0284. The number of anilines is 1. The lowest BCUT2D eigenvalue weighted by molar-refractivity contribution is -0.384. The Balaban J connectivity index is 2.28. The van der Waals surface area contributed by atoms with E-state index in [0.29, 0.717) is 9.50 Å². The highest BCUT2D eigenvalue weighted by atomic mass is 79.9. The van der Waals surface area contributed by atoms with Gasteiger partial charge in [-0.2, -0.15) is 0 Å². The average Bonchev–Trinajstić information content (AvgIpc) is 2.43. The van der Waals surface area contributed by atoms with Crippen LogP contribution in [0, 0.1) is 10.1 Å². The Kier molecular flexibility index (Phi) is 4.44. The molecule has 8 heteroatoms. The Morgan fingerprint density at radius 2 is 2.00 bits per heavy atom. The van der Waals surface area contributed by atoms with Crippen LogP contribution in [-0.2, 0) is 0 Å². The van der Waals surface area contributed by atoms with Gasteiger partial charge in [0, 0.05) is 22.2 Å². The maximum Gasteiger partial charge on any atom is 0.271 e. The first kappa shape index (κ1) is 15.3. The van der Waals surface area contributed by atoms with Crippen molar-refractivity contribution < 1.29 is 14.8 Å². The summed E-state index contributed by atoms with van der Waals surface area (Å²) >= 11 is 9.10. The van der Waals surface area contributed by atoms with Crippen molar-refractivity contribution in [2.24, 2.45) is 0 Å². The van der Waals surface area contributed by atoms with Crippen LogP contribution in [0.2, 0.25) is 5.02 Å². The molecule has 0 saturated heterocycles. The number of phenolic OH excluding ortho intramolecular Hbond substituents is 1. The normalized spacial score (nSPS) is 10.2. The molecule has 0 saturated carbocycles. The number of nitrogens with zero attached hydrogens (tertiary/aromatic N) is 1. The van der Waals surface area contributed by atoms with Crippen LogP contribution in [0.4, 0.5) is 11.4 Å². The number of nitro groups is 1. The monoisotopic (exact) mass is 370 g/mol. The number of amides is 1. The number of rotatable bonds is 3. The van der Waals surface area contributed by atoms with Gasteiger partial charge in [-0.05, 0) is 40.2 Å². The van der Waals surface area contributed by atoms with Crippen molar-refractivity contribution in [2.75, 3.05) is 5.32 Å². The summed E-state index contributed by atoms with van der Waals surface area (Å²) in [5, 5.41) is 23.1. The van der Waals surface area contributed by atoms with Gasteiger partial charge in [0.25, 0.3) is 11.6 Å². The quantitative estimate of drug-likeness (QED) is 0.485. The minimum absolute atomic E-state index is 0.0479. The van der Waals surface area contributed by atoms with Gasteiger partial charge in [-0.1, -0.05) is 11.6 Å². The number of phenols is 1. The van der Waals surface area contributed by atoms with E-state index in [4.69, 9.17) is 11.6 Å². The first-order chi connectivity index (χ1) is 9.88. The van der Waals surface area contributed by atoms with E-state index >= 15 is 0 Å². The number of halogens is 2. The molecule has 0 bridgehead atoms. The highest BCUT2D eigenvalue weighted by Gasteiger charge is 2.14. The molecule has 0 spiro atoms. The van der Waals surface area contributed by atoms with Crippen LogP contribution in [-0.4, -0.2) is 15.9 Å². The van der Waals surface area contributed by atoms with E-state index in [1.807, 2.05) is 0 Å². The van der Waals surface area contributed by atoms with Gasteiger partial charge < -0.3 is 10.4 Å². The van der Waals surface area contributed by atoms with Crippen molar-refractivity contribution in [3.63, 3.8) is 0 Å². The van der Waals surface area contributed by atoms with Crippen molar-refractivity contribution in [1.82, 2.24) is 0 Å². The van der Waals surface area contributed by atoms with Crippen molar-refractivity contribution >= 4 is 44.8 Å². The number of carbonyl (C=O) groups is 1. The molecule has 21 heavy (non-hydrogen) atoms. The third-order valence-electron chi connectivity index (χ3n) is 2.62. The van der Waals surface area contributed by atoms with Crippen LogP contribution in [0.5, 0.6) is 5.75 Å². The highest BCUT2D eigenvalue weighted by molar-refractivity contribution is 9.10. The molecule has 0 fully saturated rings. The molecule has 0 unspecified atom stereocenters. The second-order valence-electron chi connectivity index (χ2n) is 4.04. The molecule has 0 heterocycles. The van der Waals surface area contributed by atoms with E-state index in [1.165, 1.54) is 12.1 Å². The van der Waals surface area contributed by atoms with Crippen molar-refractivity contribution in [2.45, 2.75) is 0 Å². The molecule has 0 aliphatic rings. The van der Waals surface area contributed by atoms with Gasteiger partial charge in [0.15, 0.2) is 0 Å². The molecule has 0 radical (unpaired) electrons. The van der Waals surface area contributed by atoms with Gasteiger partial charge in [0.05, 0.1) is 15.6 Å². The number of nitrogens with one attached hydrogen (secondary N) is 1. The fourth-order valence-corrected chi connectivity index (χ4v) is 2.00. The molecule has 2 rings (SSSR count). The number of aromatic hydroxyl groups is 1. The summed E-state index contributed by atoms with van der Waals surface area (Å²) in [6.45, 7) is 0. The summed E-state index contributed by atoms with van der Waals surface area (Å²) in [6.07, 6.45) is 0. The van der Waals surface area contributed by atoms with Crippen LogP contribution in [0.25, 0.3) is 0 Å². The summed E-state index contributed by atoms with van der Waals surface area (Å²) in [7, 11) is 0. The predicted molar refractivity (Wildman–Crippen MR) is 81.9 cm³/mol. The molecule has 108 valence electrons. The number of hydrogen-bond acceptors (Lipinski definition) is 4. The molecule has 0 aliphatic carbocycles. The molecule has 2 aromatic carbocycles. The fourth-order valence-electron chi connectivity index (χ4n) is 1.57. The third-order valence-corrected chi connectivity index (χ3v) is 3.85.